The Bertz CT molecular complexity index is 564. The molecule has 0 bridgehead atoms. The van der Waals surface area contributed by atoms with Crippen molar-refractivity contribution in [2.75, 3.05) is 13.1 Å². The molecule has 1 aromatic carbocycles. The van der Waals surface area contributed by atoms with Crippen molar-refractivity contribution in [2.45, 2.75) is 32.4 Å². The van der Waals surface area contributed by atoms with Crippen LogP contribution in [0.1, 0.15) is 31.4 Å². The number of amides is 2. The summed E-state index contributed by atoms with van der Waals surface area (Å²) in [6.45, 7) is 0.105. The molecule has 2 amide bonds. The molecule has 1 aromatic rings. The SMILES string of the molecule is CC(NC(=O)N1CCC(C#N)CC1)c1ccc(OC(F)F)cc1. The molecule has 1 aliphatic rings. The number of nitriles is 1. The van der Waals surface area contributed by atoms with Crippen LogP contribution in [0.3, 0.4) is 0 Å². The molecule has 0 saturated carbocycles. The largest absolute Gasteiger partial charge is 0.435 e. The molecule has 1 unspecified atom stereocenters. The van der Waals surface area contributed by atoms with Gasteiger partial charge in [-0.25, -0.2) is 4.79 Å². The first-order valence-electron chi connectivity index (χ1n) is 7.49. The second-order valence-corrected chi connectivity index (χ2v) is 5.51. The van der Waals surface area contributed by atoms with Gasteiger partial charge in [-0.1, -0.05) is 12.1 Å². The van der Waals surface area contributed by atoms with Gasteiger partial charge in [0.1, 0.15) is 5.75 Å². The third kappa shape index (κ3) is 4.81. The number of halogens is 2. The molecule has 5 nitrogen and oxygen atoms in total. The first kappa shape index (κ1) is 17.0. The van der Waals surface area contributed by atoms with E-state index < -0.39 is 6.61 Å². The fourth-order valence-corrected chi connectivity index (χ4v) is 2.51. The highest BCUT2D eigenvalue weighted by atomic mass is 19.3. The van der Waals surface area contributed by atoms with Gasteiger partial charge >= 0.3 is 12.6 Å². The van der Waals surface area contributed by atoms with Crippen molar-refractivity contribution < 1.29 is 18.3 Å². The van der Waals surface area contributed by atoms with Gasteiger partial charge in [0.25, 0.3) is 0 Å². The van der Waals surface area contributed by atoms with E-state index in [1.165, 1.54) is 12.1 Å². The number of carbonyl (C=O) groups excluding carboxylic acids is 1. The third-order valence-corrected chi connectivity index (χ3v) is 3.91. The van der Waals surface area contributed by atoms with Crippen molar-refractivity contribution in [1.29, 1.82) is 5.26 Å². The highest BCUT2D eigenvalue weighted by Crippen LogP contribution is 2.20. The Hall–Kier alpha value is -2.36. The Labute approximate surface area is 133 Å². The number of hydrogen-bond donors (Lipinski definition) is 1. The molecular formula is C16H19F2N3O2. The molecule has 1 heterocycles. The van der Waals surface area contributed by atoms with Crippen molar-refractivity contribution >= 4 is 6.03 Å². The molecule has 0 aliphatic carbocycles. The van der Waals surface area contributed by atoms with Crippen molar-refractivity contribution in [3.05, 3.63) is 29.8 Å². The van der Waals surface area contributed by atoms with Crippen molar-refractivity contribution in [2.24, 2.45) is 5.92 Å². The Kier molecular flexibility index (Phi) is 5.74. The van der Waals surface area contributed by atoms with E-state index in [0.717, 1.165) is 5.56 Å². The van der Waals surface area contributed by atoms with Crippen molar-refractivity contribution in [3.8, 4) is 11.8 Å². The number of piperidine rings is 1. The normalized spacial score (nSPS) is 16.7. The van der Waals surface area contributed by atoms with Crippen LogP contribution in [0.15, 0.2) is 24.3 Å². The minimum atomic E-state index is -2.85. The standard InChI is InChI=1S/C16H19F2N3O2/c1-11(13-2-4-14(5-3-13)23-15(17)18)20-16(22)21-8-6-12(10-19)7-9-21/h2-5,11-12,15H,6-9H2,1H3,(H,20,22). The van der Waals surface area contributed by atoms with Crippen LogP contribution in [0.2, 0.25) is 0 Å². The highest BCUT2D eigenvalue weighted by Gasteiger charge is 2.23. The molecule has 1 fully saturated rings. The van der Waals surface area contributed by atoms with E-state index in [9.17, 15) is 13.6 Å². The smallest absolute Gasteiger partial charge is 0.387 e. The van der Waals surface area contributed by atoms with Crippen LogP contribution < -0.4 is 10.1 Å². The molecule has 23 heavy (non-hydrogen) atoms. The van der Waals surface area contributed by atoms with Crippen LogP contribution in [0, 0.1) is 17.2 Å². The van der Waals surface area contributed by atoms with Gasteiger partial charge in [0.2, 0.25) is 0 Å². The molecule has 0 aromatic heterocycles. The zero-order valence-corrected chi connectivity index (χ0v) is 12.8. The lowest BCUT2D eigenvalue weighted by atomic mass is 9.99. The quantitative estimate of drug-likeness (QED) is 0.924. The van der Waals surface area contributed by atoms with E-state index >= 15 is 0 Å². The fraction of sp³-hybridized carbons (Fsp3) is 0.500. The van der Waals surface area contributed by atoms with E-state index in [0.29, 0.717) is 25.9 Å². The topological polar surface area (TPSA) is 65.4 Å². The summed E-state index contributed by atoms with van der Waals surface area (Å²) in [5.41, 5.74) is 0.798. The molecule has 124 valence electrons. The van der Waals surface area contributed by atoms with E-state index in [4.69, 9.17) is 5.26 Å². The van der Waals surface area contributed by atoms with Crippen LogP contribution in [0.5, 0.6) is 5.75 Å². The first-order valence-corrected chi connectivity index (χ1v) is 7.49. The molecule has 2 rings (SSSR count). The number of benzene rings is 1. The first-order chi connectivity index (χ1) is 11.0. The van der Waals surface area contributed by atoms with E-state index in [1.54, 1.807) is 17.0 Å². The summed E-state index contributed by atoms with van der Waals surface area (Å²) >= 11 is 0. The number of urea groups is 1. The molecular weight excluding hydrogens is 304 g/mol. The zero-order chi connectivity index (χ0) is 16.8. The van der Waals surface area contributed by atoms with Gasteiger partial charge in [-0.3, -0.25) is 0 Å². The molecule has 1 atom stereocenters. The number of nitrogens with zero attached hydrogens (tertiary/aromatic N) is 2. The van der Waals surface area contributed by atoms with E-state index in [-0.39, 0.29) is 23.7 Å². The van der Waals surface area contributed by atoms with E-state index in [1.807, 2.05) is 6.92 Å². The number of hydrogen-bond acceptors (Lipinski definition) is 3. The summed E-state index contributed by atoms with van der Waals surface area (Å²) in [5.74, 6) is 0.111. The van der Waals surface area contributed by atoms with Crippen molar-refractivity contribution in [1.82, 2.24) is 10.2 Å². The molecule has 7 heteroatoms. The summed E-state index contributed by atoms with van der Waals surface area (Å²) in [5, 5.41) is 11.7. The summed E-state index contributed by atoms with van der Waals surface area (Å²) in [4.78, 5) is 13.9. The maximum absolute atomic E-state index is 12.2. The number of likely N-dealkylation sites (tertiary alicyclic amines) is 1. The van der Waals surface area contributed by atoms with E-state index in [2.05, 4.69) is 16.1 Å². The predicted molar refractivity (Wildman–Crippen MR) is 79.9 cm³/mol. The second-order valence-electron chi connectivity index (χ2n) is 5.51. The maximum atomic E-state index is 12.2. The predicted octanol–water partition coefficient (Wildman–Crippen LogP) is 3.29. The van der Waals surface area contributed by atoms with Gasteiger partial charge in [-0.05, 0) is 37.5 Å². The molecule has 1 aliphatic heterocycles. The number of carbonyl (C=O) groups is 1. The van der Waals surface area contributed by atoms with Crippen LogP contribution >= 0.6 is 0 Å². The monoisotopic (exact) mass is 323 g/mol. The van der Waals surface area contributed by atoms with Crippen LogP contribution in [0.4, 0.5) is 13.6 Å². The molecule has 0 spiro atoms. The minimum absolute atomic E-state index is 0.0267. The van der Waals surface area contributed by atoms with Gasteiger partial charge in [0.15, 0.2) is 0 Å². The van der Waals surface area contributed by atoms with Gasteiger partial charge in [-0.2, -0.15) is 14.0 Å². The summed E-state index contributed by atoms with van der Waals surface area (Å²) < 4.78 is 28.5. The Balaban J connectivity index is 1.87. The number of nitrogens with one attached hydrogen (secondary N) is 1. The van der Waals surface area contributed by atoms with Crippen LogP contribution in [-0.4, -0.2) is 30.6 Å². The van der Waals surface area contributed by atoms with Gasteiger partial charge in [-0.15, -0.1) is 0 Å². The van der Waals surface area contributed by atoms with Crippen LogP contribution in [0.25, 0.3) is 0 Å². The van der Waals surface area contributed by atoms with Crippen LogP contribution in [-0.2, 0) is 0 Å². The van der Waals surface area contributed by atoms with Gasteiger partial charge in [0, 0.05) is 19.0 Å². The highest BCUT2D eigenvalue weighted by molar-refractivity contribution is 5.74. The summed E-state index contributed by atoms with van der Waals surface area (Å²) in [6, 6.07) is 7.97. The van der Waals surface area contributed by atoms with Gasteiger partial charge < -0.3 is 15.0 Å². The summed E-state index contributed by atoms with van der Waals surface area (Å²) in [7, 11) is 0. The number of ether oxygens (including phenoxy) is 1. The Morgan fingerprint density at radius 3 is 2.48 bits per heavy atom. The summed E-state index contributed by atoms with van der Waals surface area (Å²) in [6.07, 6.45) is 1.38. The molecule has 0 radical (unpaired) electrons. The molecule has 1 saturated heterocycles. The van der Waals surface area contributed by atoms with Gasteiger partial charge in [0.05, 0.1) is 12.1 Å². The zero-order valence-electron chi connectivity index (χ0n) is 12.8. The third-order valence-electron chi connectivity index (χ3n) is 3.91. The molecule has 1 N–H and O–H groups in total. The average Bonchev–Trinajstić information content (AvgIpc) is 2.55. The lowest BCUT2D eigenvalue weighted by Crippen LogP contribution is -2.45. The number of alkyl halides is 2. The van der Waals surface area contributed by atoms with Crippen molar-refractivity contribution in [3.63, 3.8) is 0 Å². The number of rotatable bonds is 4. The lowest BCUT2D eigenvalue weighted by molar-refractivity contribution is -0.0498. The Morgan fingerprint density at radius 1 is 1.35 bits per heavy atom. The maximum Gasteiger partial charge on any atom is 0.387 e. The fourth-order valence-electron chi connectivity index (χ4n) is 2.51. The minimum Gasteiger partial charge on any atom is -0.435 e. The second kappa shape index (κ2) is 7.77. The average molecular weight is 323 g/mol. The Morgan fingerprint density at radius 2 is 1.96 bits per heavy atom. The lowest BCUT2D eigenvalue weighted by Gasteiger charge is -2.30.